The van der Waals surface area contributed by atoms with Crippen molar-refractivity contribution in [1.82, 2.24) is 9.55 Å². The highest BCUT2D eigenvalue weighted by atomic mass is 32.1. The number of nitrogens with zero attached hydrogens (tertiary/aromatic N) is 1. The standard InChI is InChI=1S/C14H19N3O2S/c1-9(2)19-11-6-3-5-10-13(11)16-14(20)17(10)8-4-7-12(15)18/h3,5-6,9H,4,7-8H2,1-2H3,(H2,15,18)(H,16,20). The first-order valence-corrected chi connectivity index (χ1v) is 7.06. The molecule has 2 rings (SSSR count). The number of primary amides is 1. The summed E-state index contributed by atoms with van der Waals surface area (Å²) in [5.74, 6) is 0.498. The molecule has 0 radical (unpaired) electrons. The number of nitrogens with two attached hydrogens (primary N) is 1. The van der Waals surface area contributed by atoms with Crippen molar-refractivity contribution in [2.24, 2.45) is 5.73 Å². The summed E-state index contributed by atoms with van der Waals surface area (Å²) in [5, 5.41) is 0. The van der Waals surface area contributed by atoms with E-state index in [1.54, 1.807) is 0 Å². The molecular formula is C14H19N3O2S. The fourth-order valence-electron chi connectivity index (χ4n) is 2.14. The van der Waals surface area contributed by atoms with Gasteiger partial charge in [0.05, 0.1) is 11.6 Å². The Bertz CT molecular complexity index is 673. The average molecular weight is 293 g/mol. The van der Waals surface area contributed by atoms with Crippen LogP contribution in [0.3, 0.4) is 0 Å². The van der Waals surface area contributed by atoms with Crippen LogP contribution >= 0.6 is 12.2 Å². The van der Waals surface area contributed by atoms with E-state index in [0.717, 1.165) is 16.8 Å². The van der Waals surface area contributed by atoms with Crippen LogP contribution < -0.4 is 10.5 Å². The van der Waals surface area contributed by atoms with Crippen molar-refractivity contribution in [2.75, 3.05) is 0 Å². The number of aromatic nitrogens is 2. The fraction of sp³-hybridized carbons (Fsp3) is 0.429. The molecule has 0 saturated heterocycles. The number of H-pyrrole nitrogens is 1. The second-order valence-corrected chi connectivity index (χ2v) is 5.36. The summed E-state index contributed by atoms with van der Waals surface area (Å²) in [6, 6.07) is 5.84. The molecule has 0 bridgehead atoms. The molecule has 20 heavy (non-hydrogen) atoms. The molecular weight excluding hydrogens is 274 g/mol. The number of fused-ring (bicyclic) bond motifs is 1. The van der Waals surface area contributed by atoms with Gasteiger partial charge in [0.15, 0.2) is 4.77 Å². The van der Waals surface area contributed by atoms with Gasteiger partial charge in [-0.3, -0.25) is 4.79 Å². The maximum absolute atomic E-state index is 10.8. The number of ether oxygens (including phenoxy) is 1. The molecule has 1 heterocycles. The van der Waals surface area contributed by atoms with Crippen LogP contribution in [0.15, 0.2) is 18.2 Å². The molecule has 1 aromatic heterocycles. The van der Waals surface area contributed by atoms with Gasteiger partial charge in [-0.05, 0) is 44.6 Å². The van der Waals surface area contributed by atoms with E-state index in [0.29, 0.717) is 24.2 Å². The molecule has 2 aromatic rings. The van der Waals surface area contributed by atoms with Gasteiger partial charge in [-0.15, -0.1) is 0 Å². The monoisotopic (exact) mass is 293 g/mol. The molecule has 1 amide bonds. The first-order chi connectivity index (χ1) is 9.49. The zero-order valence-corrected chi connectivity index (χ0v) is 12.5. The molecule has 0 atom stereocenters. The number of carbonyl (C=O) groups is 1. The lowest BCUT2D eigenvalue weighted by Gasteiger charge is -2.10. The molecule has 0 aliphatic carbocycles. The van der Waals surface area contributed by atoms with Crippen molar-refractivity contribution in [1.29, 1.82) is 0 Å². The molecule has 0 unspecified atom stereocenters. The molecule has 0 aliphatic heterocycles. The summed E-state index contributed by atoms with van der Waals surface area (Å²) in [7, 11) is 0. The Hall–Kier alpha value is -1.82. The maximum Gasteiger partial charge on any atom is 0.217 e. The third kappa shape index (κ3) is 3.19. The van der Waals surface area contributed by atoms with Crippen LogP contribution in [0.25, 0.3) is 11.0 Å². The summed E-state index contributed by atoms with van der Waals surface area (Å²) in [5.41, 5.74) is 7.04. The van der Waals surface area contributed by atoms with Gasteiger partial charge in [0.1, 0.15) is 11.3 Å². The first-order valence-electron chi connectivity index (χ1n) is 6.65. The number of para-hydroxylation sites is 1. The van der Waals surface area contributed by atoms with Crippen molar-refractivity contribution < 1.29 is 9.53 Å². The zero-order chi connectivity index (χ0) is 14.7. The van der Waals surface area contributed by atoms with E-state index in [1.807, 2.05) is 36.6 Å². The van der Waals surface area contributed by atoms with Crippen molar-refractivity contribution in [3.05, 3.63) is 23.0 Å². The van der Waals surface area contributed by atoms with Crippen molar-refractivity contribution in [3.63, 3.8) is 0 Å². The van der Waals surface area contributed by atoms with Crippen molar-refractivity contribution in [3.8, 4) is 5.75 Å². The summed E-state index contributed by atoms with van der Waals surface area (Å²) in [6.45, 7) is 4.63. The number of hydrogen-bond donors (Lipinski definition) is 2. The van der Waals surface area contributed by atoms with E-state index < -0.39 is 0 Å². The second kappa shape index (κ2) is 6.09. The smallest absolute Gasteiger partial charge is 0.217 e. The molecule has 1 aromatic carbocycles. The largest absolute Gasteiger partial charge is 0.489 e. The predicted octanol–water partition coefficient (Wildman–Crippen LogP) is 2.75. The summed E-state index contributed by atoms with van der Waals surface area (Å²) < 4.78 is 8.38. The van der Waals surface area contributed by atoms with E-state index in [2.05, 4.69) is 4.98 Å². The van der Waals surface area contributed by atoms with Gasteiger partial charge in [0, 0.05) is 13.0 Å². The fourth-order valence-corrected chi connectivity index (χ4v) is 2.43. The van der Waals surface area contributed by atoms with Crippen LogP contribution in [0, 0.1) is 4.77 Å². The Morgan fingerprint density at radius 1 is 1.50 bits per heavy atom. The van der Waals surface area contributed by atoms with Crippen LogP contribution in [0.2, 0.25) is 0 Å². The Kier molecular flexibility index (Phi) is 4.44. The summed E-state index contributed by atoms with van der Waals surface area (Å²) in [4.78, 5) is 14.0. The number of amides is 1. The van der Waals surface area contributed by atoms with Crippen molar-refractivity contribution in [2.45, 2.75) is 39.3 Å². The minimum Gasteiger partial charge on any atom is -0.489 e. The van der Waals surface area contributed by atoms with E-state index in [9.17, 15) is 4.79 Å². The van der Waals surface area contributed by atoms with Gasteiger partial charge >= 0.3 is 0 Å². The van der Waals surface area contributed by atoms with Gasteiger partial charge in [0.25, 0.3) is 0 Å². The first kappa shape index (κ1) is 14.6. The van der Waals surface area contributed by atoms with E-state index in [1.165, 1.54) is 0 Å². The van der Waals surface area contributed by atoms with Gasteiger partial charge in [-0.2, -0.15) is 0 Å². The van der Waals surface area contributed by atoms with E-state index in [4.69, 9.17) is 22.7 Å². The number of aromatic amines is 1. The third-order valence-corrected chi connectivity index (χ3v) is 3.26. The molecule has 6 heteroatoms. The number of hydrogen-bond acceptors (Lipinski definition) is 3. The van der Waals surface area contributed by atoms with Crippen LogP contribution in [0.5, 0.6) is 5.75 Å². The number of carbonyl (C=O) groups excluding carboxylic acids is 1. The molecule has 5 nitrogen and oxygen atoms in total. The lowest BCUT2D eigenvalue weighted by Crippen LogP contribution is -2.11. The maximum atomic E-state index is 10.8. The Labute approximate surface area is 122 Å². The van der Waals surface area contributed by atoms with Gasteiger partial charge in [-0.1, -0.05) is 6.07 Å². The third-order valence-electron chi connectivity index (χ3n) is 2.94. The van der Waals surface area contributed by atoms with Gasteiger partial charge in [0.2, 0.25) is 5.91 Å². The lowest BCUT2D eigenvalue weighted by molar-refractivity contribution is -0.118. The zero-order valence-electron chi connectivity index (χ0n) is 11.7. The number of rotatable bonds is 6. The number of nitrogens with one attached hydrogen (secondary N) is 1. The molecule has 108 valence electrons. The lowest BCUT2D eigenvalue weighted by atomic mass is 10.2. The van der Waals surface area contributed by atoms with Gasteiger partial charge in [-0.25, -0.2) is 0 Å². The predicted molar refractivity (Wildman–Crippen MR) is 81.3 cm³/mol. The summed E-state index contributed by atoms with van der Waals surface area (Å²) >= 11 is 5.34. The number of imidazole rings is 1. The van der Waals surface area contributed by atoms with Crippen LogP contribution in [0.4, 0.5) is 0 Å². The Morgan fingerprint density at radius 3 is 2.90 bits per heavy atom. The second-order valence-electron chi connectivity index (χ2n) is 4.97. The number of benzene rings is 1. The molecule has 3 N–H and O–H groups in total. The highest BCUT2D eigenvalue weighted by molar-refractivity contribution is 7.71. The quantitative estimate of drug-likeness (QED) is 0.804. The Morgan fingerprint density at radius 2 is 2.25 bits per heavy atom. The van der Waals surface area contributed by atoms with E-state index >= 15 is 0 Å². The van der Waals surface area contributed by atoms with Crippen LogP contribution in [0.1, 0.15) is 26.7 Å². The normalized spacial score (nSPS) is 11.2. The molecule has 0 saturated carbocycles. The number of aryl methyl sites for hydroxylation is 1. The Balaban J connectivity index is 2.34. The molecule has 0 aliphatic rings. The van der Waals surface area contributed by atoms with E-state index in [-0.39, 0.29) is 12.0 Å². The van der Waals surface area contributed by atoms with Crippen LogP contribution in [-0.2, 0) is 11.3 Å². The minimum absolute atomic E-state index is 0.0979. The van der Waals surface area contributed by atoms with Crippen LogP contribution in [-0.4, -0.2) is 21.6 Å². The molecule has 0 spiro atoms. The minimum atomic E-state index is -0.291. The average Bonchev–Trinajstić information content (AvgIpc) is 2.66. The van der Waals surface area contributed by atoms with Crippen molar-refractivity contribution >= 4 is 29.2 Å². The highest BCUT2D eigenvalue weighted by Gasteiger charge is 2.10. The topological polar surface area (TPSA) is 73.0 Å². The highest BCUT2D eigenvalue weighted by Crippen LogP contribution is 2.26. The molecule has 0 fully saturated rings. The summed E-state index contributed by atoms with van der Waals surface area (Å²) in [6.07, 6.45) is 1.13. The van der Waals surface area contributed by atoms with Gasteiger partial charge < -0.3 is 20.0 Å². The SMILES string of the molecule is CC(C)Oc1cccc2c1[nH]c(=S)n2CCCC(N)=O.